The Balaban J connectivity index is 2.93. The summed E-state index contributed by atoms with van der Waals surface area (Å²) in [7, 11) is 0. The summed E-state index contributed by atoms with van der Waals surface area (Å²) in [4.78, 5) is 3.99. The minimum Gasteiger partial charge on any atom is -0.265 e. The first-order chi connectivity index (χ1) is 5.17. The second-order valence-electron chi connectivity index (χ2n) is 3.47. The third-order valence-electron chi connectivity index (χ3n) is 2.35. The monoisotopic (exact) mass is 149 g/mol. The molecular formula is C10H15N. The lowest BCUT2D eigenvalue weighted by Crippen LogP contribution is -2.14. The van der Waals surface area contributed by atoms with Crippen molar-refractivity contribution in [2.45, 2.75) is 32.6 Å². The fraction of sp³-hybridized carbons (Fsp3) is 0.500. The van der Waals surface area contributed by atoms with E-state index in [0.717, 1.165) is 6.42 Å². The molecule has 0 unspecified atom stereocenters. The highest BCUT2D eigenvalue weighted by atomic mass is 14.6. The maximum Gasteiger partial charge on any atom is 0.0270 e. The van der Waals surface area contributed by atoms with E-state index in [4.69, 9.17) is 0 Å². The fourth-order valence-electron chi connectivity index (χ4n) is 1.01. The molecule has 1 aromatic heterocycles. The second-order valence-corrected chi connectivity index (χ2v) is 3.47. The van der Waals surface area contributed by atoms with Crippen molar-refractivity contribution in [3.05, 3.63) is 30.1 Å². The standard InChI is InChI=1S/C10H15N/c1-4-10(2,3)9-5-7-11-8-6-9/h5-8H,4H2,1-3H3. The molecule has 0 atom stereocenters. The number of pyridine rings is 1. The number of aromatic nitrogens is 1. The topological polar surface area (TPSA) is 12.9 Å². The van der Waals surface area contributed by atoms with E-state index >= 15 is 0 Å². The van der Waals surface area contributed by atoms with Gasteiger partial charge in [0.25, 0.3) is 0 Å². The summed E-state index contributed by atoms with van der Waals surface area (Å²) in [6.07, 6.45) is 4.87. The zero-order valence-corrected chi connectivity index (χ0v) is 7.46. The molecule has 0 aromatic carbocycles. The molecule has 0 aliphatic rings. The van der Waals surface area contributed by atoms with E-state index in [1.54, 1.807) is 0 Å². The largest absolute Gasteiger partial charge is 0.265 e. The van der Waals surface area contributed by atoms with Gasteiger partial charge in [0, 0.05) is 12.4 Å². The van der Waals surface area contributed by atoms with E-state index in [9.17, 15) is 0 Å². The van der Waals surface area contributed by atoms with Crippen LogP contribution in [0, 0.1) is 0 Å². The summed E-state index contributed by atoms with van der Waals surface area (Å²) < 4.78 is 0. The van der Waals surface area contributed by atoms with Crippen molar-refractivity contribution in [1.82, 2.24) is 4.98 Å². The van der Waals surface area contributed by atoms with Crippen molar-refractivity contribution >= 4 is 0 Å². The van der Waals surface area contributed by atoms with E-state index in [2.05, 4.69) is 37.9 Å². The number of hydrogen-bond acceptors (Lipinski definition) is 1. The Morgan fingerprint density at radius 3 is 2.27 bits per heavy atom. The van der Waals surface area contributed by atoms with E-state index < -0.39 is 0 Å². The van der Waals surface area contributed by atoms with Gasteiger partial charge in [0.15, 0.2) is 0 Å². The molecular weight excluding hydrogens is 134 g/mol. The molecule has 60 valence electrons. The first-order valence-electron chi connectivity index (χ1n) is 4.07. The number of nitrogens with zero attached hydrogens (tertiary/aromatic N) is 1. The quantitative estimate of drug-likeness (QED) is 0.630. The molecule has 0 radical (unpaired) electrons. The van der Waals surface area contributed by atoms with Crippen molar-refractivity contribution in [2.24, 2.45) is 0 Å². The van der Waals surface area contributed by atoms with Crippen LogP contribution in [0.4, 0.5) is 0 Å². The Morgan fingerprint density at radius 2 is 1.82 bits per heavy atom. The lowest BCUT2D eigenvalue weighted by Gasteiger charge is -2.22. The van der Waals surface area contributed by atoms with Gasteiger partial charge in [0.1, 0.15) is 0 Å². The maximum atomic E-state index is 3.99. The van der Waals surface area contributed by atoms with Gasteiger partial charge in [-0.1, -0.05) is 20.8 Å². The summed E-state index contributed by atoms with van der Waals surface area (Å²) in [5, 5.41) is 0. The number of hydrogen-bond donors (Lipinski definition) is 0. The molecule has 0 amide bonds. The Morgan fingerprint density at radius 1 is 1.27 bits per heavy atom. The van der Waals surface area contributed by atoms with Gasteiger partial charge in [-0.2, -0.15) is 0 Å². The van der Waals surface area contributed by atoms with Crippen LogP contribution < -0.4 is 0 Å². The molecule has 1 nitrogen and oxygen atoms in total. The average molecular weight is 149 g/mol. The van der Waals surface area contributed by atoms with Gasteiger partial charge in [0.2, 0.25) is 0 Å². The SMILES string of the molecule is CCC(C)(C)c1ccncc1. The summed E-state index contributed by atoms with van der Waals surface area (Å²) in [6, 6.07) is 4.17. The lowest BCUT2D eigenvalue weighted by atomic mass is 9.83. The predicted octanol–water partition coefficient (Wildman–Crippen LogP) is 2.77. The zero-order chi connectivity index (χ0) is 8.32. The Bertz CT molecular complexity index is 214. The molecule has 11 heavy (non-hydrogen) atoms. The van der Waals surface area contributed by atoms with E-state index in [1.165, 1.54) is 5.56 Å². The van der Waals surface area contributed by atoms with Crippen LogP contribution in [0.25, 0.3) is 0 Å². The second kappa shape index (κ2) is 3.04. The van der Waals surface area contributed by atoms with Crippen LogP contribution in [0.5, 0.6) is 0 Å². The zero-order valence-electron chi connectivity index (χ0n) is 7.46. The molecule has 1 heterocycles. The van der Waals surface area contributed by atoms with Gasteiger partial charge >= 0.3 is 0 Å². The van der Waals surface area contributed by atoms with Crippen LogP contribution in [-0.4, -0.2) is 4.98 Å². The molecule has 0 aliphatic heterocycles. The first kappa shape index (κ1) is 8.25. The molecule has 0 fully saturated rings. The van der Waals surface area contributed by atoms with E-state index in [0.29, 0.717) is 5.41 Å². The Hall–Kier alpha value is -0.850. The average Bonchev–Trinajstić information content (AvgIpc) is 2.06. The van der Waals surface area contributed by atoms with Gasteiger partial charge in [-0.25, -0.2) is 0 Å². The summed E-state index contributed by atoms with van der Waals surface area (Å²) >= 11 is 0. The molecule has 0 saturated heterocycles. The van der Waals surface area contributed by atoms with Gasteiger partial charge in [-0.15, -0.1) is 0 Å². The Labute approximate surface area is 68.5 Å². The minimum absolute atomic E-state index is 0.295. The lowest BCUT2D eigenvalue weighted by molar-refractivity contribution is 0.505. The van der Waals surface area contributed by atoms with Crippen molar-refractivity contribution < 1.29 is 0 Å². The maximum absolute atomic E-state index is 3.99. The van der Waals surface area contributed by atoms with E-state index in [-0.39, 0.29) is 0 Å². The van der Waals surface area contributed by atoms with Crippen LogP contribution in [0.15, 0.2) is 24.5 Å². The van der Waals surface area contributed by atoms with Crippen molar-refractivity contribution in [1.29, 1.82) is 0 Å². The smallest absolute Gasteiger partial charge is 0.0270 e. The molecule has 0 N–H and O–H groups in total. The van der Waals surface area contributed by atoms with Crippen LogP contribution in [0.3, 0.4) is 0 Å². The highest BCUT2D eigenvalue weighted by molar-refractivity contribution is 5.19. The normalized spacial score (nSPS) is 11.5. The first-order valence-corrected chi connectivity index (χ1v) is 4.07. The van der Waals surface area contributed by atoms with Gasteiger partial charge in [-0.05, 0) is 29.5 Å². The Kier molecular flexibility index (Phi) is 2.28. The number of rotatable bonds is 2. The third-order valence-corrected chi connectivity index (χ3v) is 2.35. The summed E-state index contributed by atoms with van der Waals surface area (Å²) in [5.74, 6) is 0. The summed E-state index contributed by atoms with van der Waals surface area (Å²) in [6.45, 7) is 6.71. The predicted molar refractivity (Wildman–Crippen MR) is 47.6 cm³/mol. The molecule has 0 saturated carbocycles. The summed E-state index contributed by atoms with van der Waals surface area (Å²) in [5.41, 5.74) is 1.66. The van der Waals surface area contributed by atoms with Crippen LogP contribution in [-0.2, 0) is 5.41 Å². The molecule has 1 heteroatoms. The molecule has 0 spiro atoms. The third kappa shape index (κ3) is 1.79. The van der Waals surface area contributed by atoms with Crippen LogP contribution in [0.2, 0.25) is 0 Å². The van der Waals surface area contributed by atoms with Gasteiger partial charge in [-0.3, -0.25) is 4.98 Å². The molecule has 1 rings (SSSR count). The van der Waals surface area contributed by atoms with Crippen LogP contribution in [0.1, 0.15) is 32.8 Å². The molecule has 0 bridgehead atoms. The van der Waals surface area contributed by atoms with Crippen molar-refractivity contribution in [2.75, 3.05) is 0 Å². The van der Waals surface area contributed by atoms with Crippen molar-refractivity contribution in [3.63, 3.8) is 0 Å². The fourth-order valence-corrected chi connectivity index (χ4v) is 1.01. The van der Waals surface area contributed by atoms with Crippen LogP contribution >= 0.6 is 0 Å². The minimum atomic E-state index is 0.295. The molecule has 0 aliphatic carbocycles. The highest BCUT2D eigenvalue weighted by Gasteiger charge is 2.16. The van der Waals surface area contributed by atoms with Gasteiger partial charge in [0.05, 0.1) is 0 Å². The van der Waals surface area contributed by atoms with E-state index in [1.807, 2.05) is 12.4 Å². The van der Waals surface area contributed by atoms with Gasteiger partial charge < -0.3 is 0 Å². The highest BCUT2D eigenvalue weighted by Crippen LogP contribution is 2.25. The molecule has 1 aromatic rings. The van der Waals surface area contributed by atoms with Crippen molar-refractivity contribution in [3.8, 4) is 0 Å².